The summed E-state index contributed by atoms with van der Waals surface area (Å²) < 4.78 is 0.801. The molecule has 0 bridgehead atoms. The first-order chi connectivity index (χ1) is 9.26. The highest BCUT2D eigenvalue weighted by atomic mass is 79.9. The lowest BCUT2D eigenvalue weighted by atomic mass is 9.84. The van der Waals surface area contributed by atoms with Crippen LogP contribution in [0, 0.1) is 11.3 Å². The van der Waals surface area contributed by atoms with E-state index in [9.17, 15) is 10.4 Å². The molecule has 98 valence electrons. The molecule has 1 heterocycles. The lowest BCUT2D eigenvalue weighted by Gasteiger charge is -2.20. The van der Waals surface area contributed by atoms with Crippen molar-refractivity contribution in [3.8, 4) is 6.07 Å². The highest BCUT2D eigenvalue weighted by molar-refractivity contribution is 9.11. The van der Waals surface area contributed by atoms with Crippen LogP contribution < -0.4 is 0 Å². The van der Waals surface area contributed by atoms with E-state index < -0.39 is 0 Å². The number of thiazole rings is 1. The van der Waals surface area contributed by atoms with Crippen LogP contribution in [0.25, 0.3) is 0 Å². The lowest BCUT2D eigenvalue weighted by Crippen LogP contribution is -2.10. The van der Waals surface area contributed by atoms with Gasteiger partial charge in [-0.05, 0) is 27.9 Å². The van der Waals surface area contributed by atoms with Gasteiger partial charge < -0.3 is 5.11 Å². The standard InChI is InChI=1S/C14H13BrN2OS/c15-14-17-9-13(19-14)11(6-7-18)12(8-16)10-4-2-1-3-5-10/h1-5,9,11-12,18H,6-7H2/t11-,12-/m1/s1. The SMILES string of the molecule is N#C[C@H](c1ccccc1)[C@@H](CCO)c1cnc(Br)s1. The second-order valence-corrected chi connectivity index (χ2v) is 6.49. The quantitative estimate of drug-likeness (QED) is 0.905. The smallest absolute Gasteiger partial charge is 0.159 e. The van der Waals surface area contributed by atoms with Crippen LogP contribution in [0.15, 0.2) is 40.4 Å². The van der Waals surface area contributed by atoms with Crippen LogP contribution in [0.1, 0.15) is 28.7 Å². The second-order valence-electron chi connectivity index (χ2n) is 4.15. The normalized spacial score (nSPS) is 13.7. The summed E-state index contributed by atoms with van der Waals surface area (Å²) in [5, 5.41) is 18.7. The first-order valence-corrected chi connectivity index (χ1v) is 7.54. The van der Waals surface area contributed by atoms with Crippen molar-refractivity contribution in [1.82, 2.24) is 4.98 Å². The first kappa shape index (κ1) is 14.2. The fraction of sp³-hybridized carbons (Fsp3) is 0.286. The van der Waals surface area contributed by atoms with Gasteiger partial charge in [-0.2, -0.15) is 5.26 Å². The van der Waals surface area contributed by atoms with E-state index in [4.69, 9.17) is 0 Å². The maximum absolute atomic E-state index is 9.49. The molecule has 19 heavy (non-hydrogen) atoms. The van der Waals surface area contributed by atoms with Crippen molar-refractivity contribution in [3.05, 3.63) is 50.9 Å². The van der Waals surface area contributed by atoms with Crippen molar-refractivity contribution in [3.63, 3.8) is 0 Å². The average molecular weight is 337 g/mol. The number of nitrogens with zero attached hydrogens (tertiary/aromatic N) is 2. The lowest BCUT2D eigenvalue weighted by molar-refractivity contribution is 0.273. The van der Waals surface area contributed by atoms with Gasteiger partial charge >= 0.3 is 0 Å². The predicted molar refractivity (Wildman–Crippen MR) is 79.1 cm³/mol. The molecule has 0 amide bonds. The Bertz CT molecular complexity index is 564. The van der Waals surface area contributed by atoms with E-state index in [1.807, 2.05) is 30.3 Å². The van der Waals surface area contributed by atoms with Gasteiger partial charge in [-0.15, -0.1) is 11.3 Å². The van der Waals surface area contributed by atoms with Crippen LogP contribution in [0.5, 0.6) is 0 Å². The Morgan fingerprint density at radius 3 is 2.63 bits per heavy atom. The van der Waals surface area contributed by atoms with Crippen molar-refractivity contribution in [2.75, 3.05) is 6.61 Å². The molecule has 0 fully saturated rings. The minimum absolute atomic E-state index is 0.0267. The van der Waals surface area contributed by atoms with Gasteiger partial charge in [0.25, 0.3) is 0 Å². The van der Waals surface area contributed by atoms with Gasteiger partial charge in [0.1, 0.15) is 0 Å². The Morgan fingerprint density at radius 1 is 1.37 bits per heavy atom. The third-order valence-electron chi connectivity index (χ3n) is 3.00. The van der Waals surface area contributed by atoms with Crippen LogP contribution in [0.3, 0.4) is 0 Å². The summed E-state index contributed by atoms with van der Waals surface area (Å²) in [5.74, 6) is -0.290. The van der Waals surface area contributed by atoms with Gasteiger partial charge in [-0.3, -0.25) is 0 Å². The summed E-state index contributed by atoms with van der Waals surface area (Å²) in [6, 6.07) is 12.1. The Labute approximate surface area is 124 Å². The van der Waals surface area contributed by atoms with Crippen molar-refractivity contribution in [1.29, 1.82) is 5.26 Å². The van der Waals surface area contributed by atoms with E-state index in [0.717, 1.165) is 14.4 Å². The first-order valence-electron chi connectivity index (χ1n) is 5.93. The topological polar surface area (TPSA) is 56.9 Å². The number of halogens is 1. The zero-order valence-electron chi connectivity index (χ0n) is 10.2. The molecule has 1 aromatic carbocycles. The van der Waals surface area contributed by atoms with Crippen molar-refractivity contribution in [2.24, 2.45) is 0 Å². The Balaban J connectivity index is 2.34. The number of aliphatic hydroxyl groups excluding tert-OH is 1. The zero-order chi connectivity index (χ0) is 13.7. The number of hydrogen-bond acceptors (Lipinski definition) is 4. The molecule has 0 aliphatic carbocycles. The number of benzene rings is 1. The number of hydrogen-bond donors (Lipinski definition) is 1. The second kappa shape index (κ2) is 6.80. The molecule has 0 unspecified atom stereocenters. The maximum Gasteiger partial charge on any atom is 0.159 e. The molecule has 0 aliphatic rings. The molecule has 1 N–H and O–H groups in total. The van der Waals surface area contributed by atoms with Gasteiger partial charge in [0.2, 0.25) is 0 Å². The third kappa shape index (κ3) is 3.41. The van der Waals surface area contributed by atoms with Crippen LogP contribution in [-0.2, 0) is 0 Å². The summed E-state index contributed by atoms with van der Waals surface area (Å²) in [4.78, 5) is 5.20. The maximum atomic E-state index is 9.49. The van der Waals surface area contributed by atoms with Crippen LogP contribution in [0.4, 0.5) is 0 Å². The van der Waals surface area contributed by atoms with E-state index in [1.54, 1.807) is 6.20 Å². The van der Waals surface area contributed by atoms with Crippen molar-refractivity contribution >= 4 is 27.3 Å². The minimum Gasteiger partial charge on any atom is -0.396 e. The summed E-state index contributed by atoms with van der Waals surface area (Å²) >= 11 is 4.86. The molecule has 2 aromatic rings. The number of aromatic nitrogens is 1. The molecule has 0 spiro atoms. The van der Waals surface area contributed by atoms with Gasteiger partial charge in [0, 0.05) is 23.6 Å². The molecular formula is C14H13BrN2OS. The van der Waals surface area contributed by atoms with E-state index in [1.165, 1.54) is 11.3 Å². The number of nitriles is 1. The molecule has 0 saturated carbocycles. The molecule has 0 saturated heterocycles. The van der Waals surface area contributed by atoms with Gasteiger partial charge in [0.05, 0.1) is 12.0 Å². The van der Waals surface area contributed by atoms with Gasteiger partial charge in [0.15, 0.2) is 3.92 Å². The fourth-order valence-electron chi connectivity index (χ4n) is 2.11. The summed E-state index contributed by atoms with van der Waals surface area (Å²) in [5.41, 5.74) is 0.980. The van der Waals surface area contributed by atoms with Crippen molar-refractivity contribution < 1.29 is 5.11 Å². The molecule has 2 rings (SSSR count). The number of aliphatic hydroxyl groups is 1. The highest BCUT2D eigenvalue weighted by Gasteiger charge is 2.26. The van der Waals surface area contributed by atoms with E-state index in [-0.39, 0.29) is 18.4 Å². The Kier molecular flexibility index (Phi) is 5.08. The molecular weight excluding hydrogens is 324 g/mol. The van der Waals surface area contributed by atoms with Crippen LogP contribution in [-0.4, -0.2) is 16.7 Å². The summed E-state index contributed by atoms with van der Waals surface area (Å²) in [6.45, 7) is 0.0607. The molecule has 0 aliphatic heterocycles. The summed E-state index contributed by atoms with van der Waals surface area (Å²) in [6.07, 6.45) is 2.34. The fourth-order valence-corrected chi connectivity index (χ4v) is 3.58. The van der Waals surface area contributed by atoms with Gasteiger partial charge in [-0.25, -0.2) is 4.98 Å². The predicted octanol–water partition coefficient (Wildman–Crippen LogP) is 3.68. The molecule has 5 heteroatoms. The molecule has 0 radical (unpaired) electrons. The van der Waals surface area contributed by atoms with E-state index >= 15 is 0 Å². The largest absolute Gasteiger partial charge is 0.396 e. The number of rotatable bonds is 5. The van der Waals surface area contributed by atoms with Crippen LogP contribution in [0.2, 0.25) is 0 Å². The van der Waals surface area contributed by atoms with Gasteiger partial charge in [-0.1, -0.05) is 30.3 Å². The zero-order valence-corrected chi connectivity index (χ0v) is 12.6. The van der Waals surface area contributed by atoms with Crippen LogP contribution >= 0.6 is 27.3 Å². The molecule has 1 aromatic heterocycles. The molecule has 2 atom stereocenters. The van der Waals surface area contributed by atoms with Crippen molar-refractivity contribution in [2.45, 2.75) is 18.3 Å². The Hall–Kier alpha value is -1.22. The third-order valence-corrected chi connectivity index (χ3v) is 4.61. The monoisotopic (exact) mass is 336 g/mol. The summed E-state index contributed by atoms with van der Waals surface area (Å²) in [7, 11) is 0. The Morgan fingerprint density at radius 2 is 2.11 bits per heavy atom. The molecule has 3 nitrogen and oxygen atoms in total. The highest BCUT2D eigenvalue weighted by Crippen LogP contribution is 2.38. The minimum atomic E-state index is -0.263. The van der Waals surface area contributed by atoms with E-state index in [0.29, 0.717) is 6.42 Å². The van der Waals surface area contributed by atoms with E-state index in [2.05, 4.69) is 27.0 Å². The average Bonchev–Trinajstić information content (AvgIpc) is 2.86.